The predicted octanol–water partition coefficient (Wildman–Crippen LogP) is 2.10. The highest BCUT2D eigenvalue weighted by Crippen LogP contribution is 2.11. The lowest BCUT2D eigenvalue weighted by molar-refractivity contribution is 0.197. The standard InChI is InChI=1S/C15H23F2N3O/c1-3-18-15(19-9-5-11-21-2)20-10-8-12-13(16)6-4-7-14(12)17/h4,6-7H,3,5,8-11H2,1-2H3,(H2,18,19,20). The highest BCUT2D eigenvalue weighted by Gasteiger charge is 2.08. The number of benzene rings is 1. The lowest BCUT2D eigenvalue weighted by Gasteiger charge is -2.12. The molecule has 1 aromatic rings. The van der Waals surface area contributed by atoms with Crippen LogP contribution < -0.4 is 10.6 Å². The van der Waals surface area contributed by atoms with Gasteiger partial charge in [-0.05, 0) is 31.9 Å². The van der Waals surface area contributed by atoms with E-state index in [2.05, 4.69) is 15.6 Å². The van der Waals surface area contributed by atoms with Crippen molar-refractivity contribution < 1.29 is 13.5 Å². The molecule has 0 atom stereocenters. The number of nitrogens with zero attached hydrogens (tertiary/aromatic N) is 1. The normalized spacial score (nSPS) is 11.5. The van der Waals surface area contributed by atoms with Crippen molar-refractivity contribution >= 4 is 5.96 Å². The second-order valence-corrected chi connectivity index (χ2v) is 4.48. The molecule has 0 aliphatic rings. The van der Waals surface area contributed by atoms with Gasteiger partial charge in [0, 0.05) is 38.9 Å². The Kier molecular flexibility index (Phi) is 8.35. The summed E-state index contributed by atoms with van der Waals surface area (Å²) < 4.78 is 31.9. The first-order valence-electron chi connectivity index (χ1n) is 7.13. The number of hydrogen-bond donors (Lipinski definition) is 2. The van der Waals surface area contributed by atoms with Crippen LogP contribution in [0.3, 0.4) is 0 Å². The fraction of sp³-hybridized carbons (Fsp3) is 0.533. The van der Waals surface area contributed by atoms with Crippen LogP contribution in [-0.2, 0) is 11.2 Å². The van der Waals surface area contributed by atoms with E-state index in [4.69, 9.17) is 4.74 Å². The summed E-state index contributed by atoms with van der Waals surface area (Å²) in [5.41, 5.74) is 0.0974. The first-order valence-corrected chi connectivity index (χ1v) is 7.13. The molecule has 21 heavy (non-hydrogen) atoms. The van der Waals surface area contributed by atoms with Crippen LogP contribution in [0, 0.1) is 11.6 Å². The molecule has 0 radical (unpaired) electrons. The van der Waals surface area contributed by atoms with E-state index in [1.807, 2.05) is 6.92 Å². The lowest BCUT2D eigenvalue weighted by atomic mass is 10.1. The van der Waals surface area contributed by atoms with Gasteiger partial charge in [0.2, 0.25) is 0 Å². The number of guanidine groups is 1. The topological polar surface area (TPSA) is 45.7 Å². The molecule has 0 aromatic heterocycles. The molecule has 0 aliphatic carbocycles. The van der Waals surface area contributed by atoms with Crippen molar-refractivity contribution in [3.63, 3.8) is 0 Å². The monoisotopic (exact) mass is 299 g/mol. The third-order valence-corrected chi connectivity index (χ3v) is 2.85. The second-order valence-electron chi connectivity index (χ2n) is 4.48. The average molecular weight is 299 g/mol. The maximum absolute atomic E-state index is 13.5. The van der Waals surface area contributed by atoms with Gasteiger partial charge in [0.25, 0.3) is 0 Å². The SMILES string of the molecule is CCNC(=NCCCOC)NCCc1c(F)cccc1F. The third-order valence-electron chi connectivity index (χ3n) is 2.85. The van der Waals surface area contributed by atoms with E-state index in [-0.39, 0.29) is 12.0 Å². The van der Waals surface area contributed by atoms with Gasteiger partial charge in [-0.15, -0.1) is 0 Å². The third kappa shape index (κ3) is 6.53. The van der Waals surface area contributed by atoms with Gasteiger partial charge in [0.1, 0.15) is 11.6 Å². The summed E-state index contributed by atoms with van der Waals surface area (Å²) in [6.07, 6.45) is 1.09. The number of hydrogen-bond acceptors (Lipinski definition) is 2. The highest BCUT2D eigenvalue weighted by molar-refractivity contribution is 5.79. The first-order chi connectivity index (χ1) is 10.2. The Morgan fingerprint density at radius 2 is 1.95 bits per heavy atom. The summed E-state index contributed by atoms with van der Waals surface area (Å²) in [7, 11) is 1.65. The minimum absolute atomic E-state index is 0.0974. The largest absolute Gasteiger partial charge is 0.385 e. The van der Waals surface area contributed by atoms with Crippen molar-refractivity contribution in [3.05, 3.63) is 35.4 Å². The minimum Gasteiger partial charge on any atom is -0.385 e. The summed E-state index contributed by atoms with van der Waals surface area (Å²) in [5.74, 6) is -0.386. The summed E-state index contributed by atoms with van der Waals surface area (Å²) >= 11 is 0. The number of methoxy groups -OCH3 is 1. The molecule has 0 heterocycles. The molecule has 118 valence electrons. The Morgan fingerprint density at radius 3 is 2.57 bits per heavy atom. The summed E-state index contributed by atoms with van der Waals surface area (Å²) in [5, 5.41) is 6.15. The molecular weight excluding hydrogens is 276 g/mol. The quantitative estimate of drug-likeness (QED) is 0.439. The number of halogens is 2. The molecule has 1 rings (SSSR count). The van der Waals surface area contributed by atoms with Gasteiger partial charge < -0.3 is 15.4 Å². The molecule has 1 aromatic carbocycles. The number of nitrogens with one attached hydrogen (secondary N) is 2. The van der Waals surface area contributed by atoms with Crippen LogP contribution in [0.4, 0.5) is 8.78 Å². The Balaban J connectivity index is 2.46. The van der Waals surface area contributed by atoms with Crippen molar-refractivity contribution in [2.75, 3.05) is 33.4 Å². The smallest absolute Gasteiger partial charge is 0.191 e. The molecule has 0 unspecified atom stereocenters. The summed E-state index contributed by atoms with van der Waals surface area (Å²) in [6, 6.07) is 3.90. The predicted molar refractivity (Wildman–Crippen MR) is 80.5 cm³/mol. The van der Waals surface area contributed by atoms with Gasteiger partial charge in [-0.25, -0.2) is 8.78 Å². The van der Waals surface area contributed by atoms with Gasteiger partial charge in [-0.1, -0.05) is 6.07 Å². The summed E-state index contributed by atoms with van der Waals surface area (Å²) in [6.45, 7) is 4.39. The Labute approximate surface area is 124 Å². The zero-order valence-corrected chi connectivity index (χ0v) is 12.6. The fourth-order valence-electron chi connectivity index (χ4n) is 1.82. The molecule has 0 spiro atoms. The molecule has 0 aliphatic heterocycles. The number of aliphatic imine (C=N–C) groups is 1. The first kappa shape index (κ1) is 17.4. The van der Waals surface area contributed by atoms with Gasteiger partial charge in [-0.2, -0.15) is 0 Å². The van der Waals surface area contributed by atoms with Gasteiger partial charge in [-0.3, -0.25) is 4.99 Å². The van der Waals surface area contributed by atoms with Crippen molar-refractivity contribution in [2.45, 2.75) is 19.8 Å². The molecule has 0 saturated heterocycles. The lowest BCUT2D eigenvalue weighted by Crippen LogP contribution is -2.38. The van der Waals surface area contributed by atoms with Crippen LogP contribution in [0.15, 0.2) is 23.2 Å². The van der Waals surface area contributed by atoms with Crippen LogP contribution in [0.5, 0.6) is 0 Å². The van der Waals surface area contributed by atoms with Crippen molar-refractivity contribution in [3.8, 4) is 0 Å². The van der Waals surface area contributed by atoms with E-state index in [0.29, 0.717) is 25.7 Å². The molecule has 0 bridgehead atoms. The maximum Gasteiger partial charge on any atom is 0.191 e. The van der Waals surface area contributed by atoms with Crippen molar-refractivity contribution in [1.82, 2.24) is 10.6 Å². The number of rotatable bonds is 8. The van der Waals surface area contributed by atoms with E-state index in [1.54, 1.807) is 7.11 Å². The maximum atomic E-state index is 13.5. The average Bonchev–Trinajstić information content (AvgIpc) is 2.46. The molecule has 2 N–H and O–H groups in total. The highest BCUT2D eigenvalue weighted by atomic mass is 19.1. The van der Waals surface area contributed by atoms with E-state index >= 15 is 0 Å². The van der Waals surface area contributed by atoms with Crippen LogP contribution in [-0.4, -0.2) is 39.3 Å². The summed E-state index contributed by atoms with van der Waals surface area (Å²) in [4.78, 5) is 4.35. The molecule has 0 saturated carbocycles. The van der Waals surface area contributed by atoms with E-state index < -0.39 is 11.6 Å². The second kappa shape index (κ2) is 10.1. The van der Waals surface area contributed by atoms with Gasteiger partial charge in [0.05, 0.1) is 0 Å². The van der Waals surface area contributed by atoms with Gasteiger partial charge >= 0.3 is 0 Å². The minimum atomic E-state index is -0.515. The van der Waals surface area contributed by atoms with E-state index in [1.165, 1.54) is 18.2 Å². The van der Waals surface area contributed by atoms with Crippen molar-refractivity contribution in [1.29, 1.82) is 0 Å². The molecule has 4 nitrogen and oxygen atoms in total. The van der Waals surface area contributed by atoms with E-state index in [9.17, 15) is 8.78 Å². The zero-order chi connectivity index (χ0) is 15.5. The van der Waals surface area contributed by atoms with Crippen LogP contribution in [0.25, 0.3) is 0 Å². The van der Waals surface area contributed by atoms with Crippen molar-refractivity contribution in [2.24, 2.45) is 4.99 Å². The number of ether oxygens (including phenoxy) is 1. The Bertz CT molecular complexity index is 432. The van der Waals surface area contributed by atoms with Crippen LogP contribution in [0.2, 0.25) is 0 Å². The zero-order valence-electron chi connectivity index (χ0n) is 12.6. The molecule has 6 heteroatoms. The fourth-order valence-corrected chi connectivity index (χ4v) is 1.82. The molecule has 0 amide bonds. The molecule has 0 fully saturated rings. The van der Waals surface area contributed by atoms with E-state index in [0.717, 1.165) is 13.0 Å². The van der Waals surface area contributed by atoms with Gasteiger partial charge in [0.15, 0.2) is 5.96 Å². The Morgan fingerprint density at radius 1 is 1.24 bits per heavy atom. The van der Waals surface area contributed by atoms with Crippen LogP contribution >= 0.6 is 0 Å². The van der Waals surface area contributed by atoms with Crippen LogP contribution in [0.1, 0.15) is 18.9 Å². The molecular formula is C15H23F2N3O. The Hall–Kier alpha value is -1.69.